The van der Waals surface area contributed by atoms with Crippen LogP contribution in [-0.2, 0) is 0 Å². The lowest BCUT2D eigenvalue weighted by atomic mass is 9.96. The van der Waals surface area contributed by atoms with Crippen molar-refractivity contribution in [3.8, 4) is 0 Å². The van der Waals surface area contributed by atoms with E-state index < -0.39 is 0 Å². The van der Waals surface area contributed by atoms with Crippen LogP contribution in [0.3, 0.4) is 0 Å². The molecule has 70 valence electrons. The van der Waals surface area contributed by atoms with Gasteiger partial charge < -0.3 is 4.90 Å². The topological polar surface area (TPSA) is 3.24 Å². The van der Waals surface area contributed by atoms with Crippen molar-refractivity contribution in [2.24, 2.45) is 5.92 Å². The number of hydrogen-bond donors (Lipinski definition) is 0. The molecule has 0 aliphatic carbocycles. The summed E-state index contributed by atoms with van der Waals surface area (Å²) < 4.78 is 0. The predicted octanol–water partition coefficient (Wildman–Crippen LogP) is 3.03. The van der Waals surface area contributed by atoms with Crippen LogP contribution in [0.4, 0.5) is 0 Å². The lowest BCUT2D eigenvalue weighted by Gasteiger charge is -2.26. The first-order chi connectivity index (χ1) is 5.66. The third-order valence-corrected chi connectivity index (χ3v) is 3.06. The second kappa shape index (κ2) is 3.97. The summed E-state index contributed by atoms with van der Waals surface area (Å²) in [5.74, 6) is 0.909. The molecule has 0 aromatic carbocycles. The Labute approximate surface area is 76.5 Å². The minimum Gasteiger partial charge on any atom is -0.373 e. The van der Waals surface area contributed by atoms with E-state index in [1.165, 1.54) is 31.5 Å². The van der Waals surface area contributed by atoms with Crippen molar-refractivity contribution >= 4 is 0 Å². The highest BCUT2D eigenvalue weighted by molar-refractivity contribution is 4.97. The maximum Gasteiger partial charge on any atom is 0.0287 e. The van der Waals surface area contributed by atoms with Gasteiger partial charge in [0.25, 0.3) is 0 Å². The largest absolute Gasteiger partial charge is 0.373 e. The molecule has 1 aliphatic heterocycles. The van der Waals surface area contributed by atoms with Crippen LogP contribution in [0.5, 0.6) is 0 Å². The van der Waals surface area contributed by atoms with E-state index in [9.17, 15) is 0 Å². The molecule has 0 saturated carbocycles. The van der Waals surface area contributed by atoms with Gasteiger partial charge in [-0.1, -0.05) is 19.9 Å². The van der Waals surface area contributed by atoms with Crippen LogP contribution >= 0.6 is 0 Å². The molecule has 1 unspecified atom stereocenters. The standard InChI is InChI=1S/C11H21N/c1-5-6-11-7-8-12(9(2)3)10(11)4/h10-11H,2,5-8H2,1,3-4H3/t10?,11-/m1/s1. The van der Waals surface area contributed by atoms with Crippen molar-refractivity contribution in [1.82, 2.24) is 4.90 Å². The summed E-state index contributed by atoms with van der Waals surface area (Å²) in [6, 6.07) is 0.724. The Morgan fingerprint density at radius 1 is 1.58 bits per heavy atom. The fourth-order valence-electron chi connectivity index (χ4n) is 2.30. The van der Waals surface area contributed by atoms with E-state index in [0.29, 0.717) is 0 Å². The molecule has 2 atom stereocenters. The van der Waals surface area contributed by atoms with Gasteiger partial charge in [0.15, 0.2) is 0 Å². The quantitative estimate of drug-likeness (QED) is 0.624. The van der Waals surface area contributed by atoms with Gasteiger partial charge in [-0.3, -0.25) is 0 Å². The van der Waals surface area contributed by atoms with E-state index in [0.717, 1.165) is 12.0 Å². The number of rotatable bonds is 3. The summed E-state index contributed by atoms with van der Waals surface area (Å²) in [7, 11) is 0. The van der Waals surface area contributed by atoms with Gasteiger partial charge >= 0.3 is 0 Å². The van der Waals surface area contributed by atoms with E-state index in [1.54, 1.807) is 0 Å². The second-order valence-corrected chi connectivity index (χ2v) is 4.01. The van der Waals surface area contributed by atoms with Gasteiger partial charge in [0.1, 0.15) is 0 Å². The van der Waals surface area contributed by atoms with Gasteiger partial charge in [0.2, 0.25) is 0 Å². The normalized spacial score (nSPS) is 29.4. The highest BCUT2D eigenvalue weighted by atomic mass is 15.2. The van der Waals surface area contributed by atoms with Crippen LogP contribution in [0, 0.1) is 5.92 Å². The Bertz CT molecular complexity index is 162. The zero-order valence-corrected chi connectivity index (χ0v) is 8.64. The maximum atomic E-state index is 4.01. The molecule has 1 fully saturated rings. The summed E-state index contributed by atoms with van der Waals surface area (Å²) in [5, 5.41) is 0. The zero-order chi connectivity index (χ0) is 9.14. The van der Waals surface area contributed by atoms with Gasteiger partial charge in [-0.15, -0.1) is 0 Å². The molecule has 1 aliphatic rings. The predicted molar refractivity (Wildman–Crippen MR) is 54.0 cm³/mol. The minimum atomic E-state index is 0.724. The first-order valence-corrected chi connectivity index (χ1v) is 5.09. The van der Waals surface area contributed by atoms with Gasteiger partial charge in [-0.25, -0.2) is 0 Å². The average molecular weight is 167 g/mol. The summed E-state index contributed by atoms with van der Waals surface area (Å²) >= 11 is 0. The number of nitrogens with zero attached hydrogens (tertiary/aromatic N) is 1. The fourth-order valence-corrected chi connectivity index (χ4v) is 2.30. The molecular formula is C11H21N. The lowest BCUT2D eigenvalue weighted by Crippen LogP contribution is -2.27. The van der Waals surface area contributed by atoms with E-state index >= 15 is 0 Å². The van der Waals surface area contributed by atoms with Gasteiger partial charge in [0, 0.05) is 18.3 Å². The SMILES string of the molecule is C=C(C)N1CC[C@@H](CCC)C1C. The molecule has 1 rings (SSSR count). The first kappa shape index (κ1) is 9.63. The van der Waals surface area contributed by atoms with Crippen molar-refractivity contribution in [3.05, 3.63) is 12.3 Å². The third kappa shape index (κ3) is 1.82. The highest BCUT2D eigenvalue weighted by Crippen LogP contribution is 2.29. The van der Waals surface area contributed by atoms with Gasteiger partial charge in [-0.05, 0) is 32.6 Å². The Balaban J connectivity index is 2.48. The van der Waals surface area contributed by atoms with Crippen LogP contribution < -0.4 is 0 Å². The molecule has 0 aromatic heterocycles. The zero-order valence-electron chi connectivity index (χ0n) is 8.64. The highest BCUT2D eigenvalue weighted by Gasteiger charge is 2.28. The Hall–Kier alpha value is -0.460. The third-order valence-electron chi connectivity index (χ3n) is 3.06. The number of likely N-dealkylation sites (tertiary alicyclic amines) is 1. The molecule has 0 aromatic rings. The molecule has 12 heavy (non-hydrogen) atoms. The van der Waals surface area contributed by atoms with Crippen LogP contribution in [0.2, 0.25) is 0 Å². The van der Waals surface area contributed by atoms with Crippen LogP contribution in [0.1, 0.15) is 40.0 Å². The van der Waals surface area contributed by atoms with E-state index in [4.69, 9.17) is 0 Å². The van der Waals surface area contributed by atoms with Crippen molar-refractivity contribution in [3.63, 3.8) is 0 Å². The molecule has 0 bridgehead atoms. The fraction of sp³-hybridized carbons (Fsp3) is 0.818. The van der Waals surface area contributed by atoms with Crippen molar-refractivity contribution in [1.29, 1.82) is 0 Å². The Morgan fingerprint density at radius 3 is 2.67 bits per heavy atom. The van der Waals surface area contributed by atoms with Crippen LogP contribution in [0.15, 0.2) is 12.3 Å². The molecule has 0 amide bonds. The Kier molecular flexibility index (Phi) is 3.19. The van der Waals surface area contributed by atoms with E-state index in [2.05, 4.69) is 32.3 Å². The van der Waals surface area contributed by atoms with Crippen molar-refractivity contribution < 1.29 is 0 Å². The molecule has 1 heteroatoms. The van der Waals surface area contributed by atoms with Crippen LogP contribution in [0.25, 0.3) is 0 Å². The average Bonchev–Trinajstić information content (AvgIpc) is 2.34. The number of hydrogen-bond acceptors (Lipinski definition) is 1. The van der Waals surface area contributed by atoms with Crippen molar-refractivity contribution in [2.45, 2.75) is 46.1 Å². The van der Waals surface area contributed by atoms with Crippen molar-refractivity contribution in [2.75, 3.05) is 6.54 Å². The molecule has 1 saturated heterocycles. The smallest absolute Gasteiger partial charge is 0.0287 e. The summed E-state index contributed by atoms with van der Waals surface area (Å²) in [4.78, 5) is 2.44. The Morgan fingerprint density at radius 2 is 2.25 bits per heavy atom. The first-order valence-electron chi connectivity index (χ1n) is 5.09. The van der Waals surface area contributed by atoms with E-state index in [1.807, 2.05) is 0 Å². The van der Waals surface area contributed by atoms with Gasteiger partial charge in [-0.2, -0.15) is 0 Å². The monoisotopic (exact) mass is 167 g/mol. The minimum absolute atomic E-state index is 0.724. The summed E-state index contributed by atoms with van der Waals surface area (Å²) in [6.07, 6.45) is 4.06. The molecule has 0 N–H and O–H groups in total. The molecule has 0 radical (unpaired) electrons. The summed E-state index contributed by atoms with van der Waals surface area (Å²) in [6.45, 7) is 12.0. The molecule has 1 heterocycles. The maximum absolute atomic E-state index is 4.01. The number of allylic oxidation sites excluding steroid dienone is 1. The summed E-state index contributed by atoms with van der Waals surface area (Å²) in [5.41, 5.74) is 1.24. The van der Waals surface area contributed by atoms with E-state index in [-0.39, 0.29) is 0 Å². The molecule has 0 spiro atoms. The lowest BCUT2D eigenvalue weighted by molar-refractivity contribution is 0.293. The molecule has 1 nitrogen and oxygen atoms in total. The molecular weight excluding hydrogens is 146 g/mol. The second-order valence-electron chi connectivity index (χ2n) is 4.01. The van der Waals surface area contributed by atoms with Gasteiger partial charge in [0.05, 0.1) is 0 Å². The van der Waals surface area contributed by atoms with Crippen LogP contribution in [-0.4, -0.2) is 17.5 Å².